The summed E-state index contributed by atoms with van der Waals surface area (Å²) in [5.41, 5.74) is 2.64. The van der Waals surface area contributed by atoms with Gasteiger partial charge in [0.15, 0.2) is 0 Å². The average Bonchev–Trinajstić information content (AvgIpc) is 2.55. The van der Waals surface area contributed by atoms with E-state index >= 15 is 0 Å². The van der Waals surface area contributed by atoms with Crippen molar-refractivity contribution in [3.05, 3.63) is 71.8 Å². The maximum absolute atomic E-state index is 11.4. The summed E-state index contributed by atoms with van der Waals surface area (Å²) in [6.45, 7) is 0. The Morgan fingerprint density at radius 2 is 1.23 bits per heavy atom. The van der Waals surface area contributed by atoms with Crippen molar-refractivity contribution < 1.29 is 9.90 Å². The van der Waals surface area contributed by atoms with Gasteiger partial charge in [-0.2, -0.15) is 0 Å². The molecule has 0 bridgehead atoms. The number of benzene rings is 2. The molecule has 2 nitrogen and oxygen atoms in total. The molecule has 0 fully saturated rings. The quantitative estimate of drug-likeness (QED) is 0.625. The first kappa shape index (κ1) is 17.3. The monoisotopic (exact) mass is 428 g/mol. The van der Waals surface area contributed by atoms with Crippen molar-refractivity contribution in [2.75, 3.05) is 0 Å². The van der Waals surface area contributed by atoms with Gasteiger partial charge in [-0.05, 0) is 0 Å². The molecule has 0 spiro atoms. The molecule has 1 N–H and O–H groups in total. The molecule has 0 aliphatic rings. The Balaban J connectivity index is 1.72. The number of carboxylic acid groups (broad SMARTS) is 1. The SMILES string of the molecule is O=C(O)C(C[Se]Cc1ccccc1)C[Se]Cc1ccccc1. The molecular formula is C18H20O2Se2. The summed E-state index contributed by atoms with van der Waals surface area (Å²) in [7, 11) is 0. The van der Waals surface area contributed by atoms with Crippen molar-refractivity contribution >= 4 is 35.9 Å². The minimum atomic E-state index is -0.620. The fourth-order valence-corrected chi connectivity index (χ4v) is 7.31. The summed E-state index contributed by atoms with van der Waals surface area (Å²) in [6.07, 6.45) is 0. The second-order valence-electron chi connectivity index (χ2n) is 5.04. The van der Waals surface area contributed by atoms with Crippen LogP contribution in [0.4, 0.5) is 0 Å². The van der Waals surface area contributed by atoms with Crippen LogP contribution >= 0.6 is 0 Å². The van der Waals surface area contributed by atoms with E-state index in [1.165, 1.54) is 11.1 Å². The first-order chi connectivity index (χ1) is 10.8. The van der Waals surface area contributed by atoms with E-state index in [4.69, 9.17) is 0 Å². The van der Waals surface area contributed by atoms with Crippen LogP contribution in [0.2, 0.25) is 10.6 Å². The van der Waals surface area contributed by atoms with E-state index in [2.05, 4.69) is 24.3 Å². The molecule has 0 atom stereocenters. The fourth-order valence-electron chi connectivity index (χ4n) is 1.98. The van der Waals surface area contributed by atoms with Crippen LogP contribution in [0.25, 0.3) is 0 Å². The fraction of sp³-hybridized carbons (Fsp3) is 0.278. The number of rotatable bonds is 9. The third kappa shape index (κ3) is 6.37. The third-order valence-corrected chi connectivity index (χ3v) is 8.14. The molecule has 2 aromatic carbocycles. The first-order valence-corrected chi connectivity index (χ1v) is 12.1. The zero-order valence-electron chi connectivity index (χ0n) is 12.4. The molecule has 0 heterocycles. The van der Waals surface area contributed by atoms with Gasteiger partial charge >= 0.3 is 145 Å². The number of carbonyl (C=O) groups is 1. The van der Waals surface area contributed by atoms with Crippen LogP contribution in [0.15, 0.2) is 60.7 Å². The van der Waals surface area contributed by atoms with Crippen LogP contribution < -0.4 is 0 Å². The van der Waals surface area contributed by atoms with Crippen molar-refractivity contribution in [3.63, 3.8) is 0 Å². The molecule has 2 aromatic rings. The predicted octanol–water partition coefficient (Wildman–Crippen LogP) is 3.33. The number of aliphatic carboxylic acids is 1. The topological polar surface area (TPSA) is 37.3 Å². The second-order valence-corrected chi connectivity index (χ2v) is 9.36. The van der Waals surface area contributed by atoms with Crippen LogP contribution in [0.3, 0.4) is 0 Å². The standard InChI is InChI=1S/C18H20O2Se2/c19-18(20)17(13-21-11-15-7-3-1-4-8-15)14-22-12-16-9-5-2-6-10-16/h1-10,17H,11-14H2,(H,19,20). The number of carboxylic acids is 1. The second kappa shape index (κ2) is 9.86. The van der Waals surface area contributed by atoms with Gasteiger partial charge in [0.05, 0.1) is 0 Å². The minimum absolute atomic E-state index is 0.160. The molecular weight excluding hydrogens is 406 g/mol. The van der Waals surface area contributed by atoms with Gasteiger partial charge in [0.25, 0.3) is 0 Å². The molecule has 0 aliphatic heterocycles. The van der Waals surface area contributed by atoms with Crippen molar-refractivity contribution in [2.24, 2.45) is 5.92 Å². The third-order valence-electron chi connectivity index (χ3n) is 3.21. The van der Waals surface area contributed by atoms with Gasteiger partial charge in [-0.3, -0.25) is 0 Å². The van der Waals surface area contributed by atoms with Crippen LogP contribution in [0.5, 0.6) is 0 Å². The Labute approximate surface area is 144 Å². The molecule has 0 amide bonds. The van der Waals surface area contributed by atoms with Crippen molar-refractivity contribution in [2.45, 2.75) is 21.3 Å². The van der Waals surface area contributed by atoms with Crippen molar-refractivity contribution in [1.82, 2.24) is 0 Å². The van der Waals surface area contributed by atoms with Crippen LogP contribution in [0, 0.1) is 5.92 Å². The Kier molecular flexibility index (Phi) is 7.76. The summed E-state index contributed by atoms with van der Waals surface area (Å²) in [4.78, 5) is 11.4. The maximum atomic E-state index is 11.4. The van der Waals surface area contributed by atoms with Gasteiger partial charge in [-0.15, -0.1) is 0 Å². The number of hydrogen-bond donors (Lipinski definition) is 1. The van der Waals surface area contributed by atoms with Crippen LogP contribution in [-0.2, 0) is 15.4 Å². The van der Waals surface area contributed by atoms with Gasteiger partial charge < -0.3 is 0 Å². The summed E-state index contributed by atoms with van der Waals surface area (Å²) in [5, 5.41) is 13.1. The van der Waals surface area contributed by atoms with Gasteiger partial charge in [0.2, 0.25) is 0 Å². The van der Waals surface area contributed by atoms with Gasteiger partial charge in [-0.25, -0.2) is 0 Å². The first-order valence-electron chi connectivity index (χ1n) is 7.22. The van der Waals surface area contributed by atoms with Gasteiger partial charge in [0, 0.05) is 0 Å². The summed E-state index contributed by atoms with van der Waals surface area (Å²) < 4.78 is 0. The molecule has 0 saturated heterocycles. The molecule has 0 aliphatic carbocycles. The molecule has 2 rings (SSSR count). The summed E-state index contributed by atoms with van der Waals surface area (Å²) >= 11 is 0.737. The van der Waals surface area contributed by atoms with E-state index < -0.39 is 5.97 Å². The molecule has 116 valence electrons. The Bertz CT molecular complexity index is 512. The Hall–Kier alpha value is -1.05. The molecule has 0 radical (unpaired) electrons. The number of hydrogen-bond acceptors (Lipinski definition) is 1. The van der Waals surface area contributed by atoms with E-state index in [9.17, 15) is 9.90 Å². The zero-order valence-corrected chi connectivity index (χ0v) is 15.8. The van der Waals surface area contributed by atoms with Gasteiger partial charge in [-0.1, -0.05) is 0 Å². The van der Waals surface area contributed by atoms with E-state index in [-0.39, 0.29) is 5.92 Å². The molecule has 22 heavy (non-hydrogen) atoms. The Morgan fingerprint density at radius 1 is 0.818 bits per heavy atom. The molecule has 0 unspecified atom stereocenters. The Morgan fingerprint density at radius 3 is 1.59 bits per heavy atom. The summed E-state index contributed by atoms with van der Waals surface area (Å²) in [5.74, 6) is -0.780. The van der Waals surface area contributed by atoms with Crippen LogP contribution in [0.1, 0.15) is 11.1 Å². The summed E-state index contributed by atoms with van der Waals surface area (Å²) in [6, 6.07) is 20.7. The zero-order chi connectivity index (χ0) is 15.6. The predicted molar refractivity (Wildman–Crippen MR) is 92.5 cm³/mol. The van der Waals surface area contributed by atoms with Crippen molar-refractivity contribution in [1.29, 1.82) is 0 Å². The molecule has 0 saturated carbocycles. The van der Waals surface area contributed by atoms with Crippen LogP contribution in [-0.4, -0.2) is 41.0 Å². The van der Waals surface area contributed by atoms with Crippen molar-refractivity contribution in [3.8, 4) is 0 Å². The van der Waals surface area contributed by atoms with E-state index in [1.807, 2.05) is 36.4 Å². The van der Waals surface area contributed by atoms with Gasteiger partial charge in [0.1, 0.15) is 0 Å². The average molecular weight is 426 g/mol. The molecule has 0 aromatic heterocycles. The van der Waals surface area contributed by atoms with E-state index in [0.717, 1.165) is 21.3 Å². The normalized spacial score (nSPS) is 10.8. The molecule has 4 heteroatoms. The van der Waals surface area contributed by atoms with E-state index in [0.29, 0.717) is 29.9 Å². The van der Waals surface area contributed by atoms with E-state index in [1.54, 1.807) is 0 Å².